The maximum Gasteiger partial charge on any atom is 0.290 e. The highest BCUT2D eigenvalue weighted by atomic mass is 35.5. The summed E-state index contributed by atoms with van der Waals surface area (Å²) in [5.74, 6) is 1.16. The van der Waals surface area contributed by atoms with Gasteiger partial charge in [-0.05, 0) is 82.6 Å². The summed E-state index contributed by atoms with van der Waals surface area (Å²) >= 11 is 6.60. The van der Waals surface area contributed by atoms with Crippen molar-refractivity contribution >= 4 is 40.7 Å². The molecule has 198 valence electrons. The zero-order valence-corrected chi connectivity index (χ0v) is 22.5. The lowest BCUT2D eigenvalue weighted by Crippen LogP contribution is -2.49. The minimum Gasteiger partial charge on any atom is -0.483 e. The second-order valence-corrected chi connectivity index (χ2v) is 10.6. The molecule has 2 aliphatic rings. The van der Waals surface area contributed by atoms with Gasteiger partial charge in [-0.1, -0.05) is 17.7 Å². The Hall–Kier alpha value is -3.10. The van der Waals surface area contributed by atoms with Crippen molar-refractivity contribution in [1.82, 2.24) is 19.8 Å². The second kappa shape index (κ2) is 12.0. The number of aromatic amines is 1. The number of carbonyl (C=O) groups excluding carboxylic acids is 1. The summed E-state index contributed by atoms with van der Waals surface area (Å²) in [6.07, 6.45) is 4.11. The van der Waals surface area contributed by atoms with Gasteiger partial charge in [0.15, 0.2) is 0 Å². The fourth-order valence-electron chi connectivity index (χ4n) is 5.42. The molecule has 2 saturated heterocycles. The molecular formula is C28H36ClN5O3. The number of carbonyl (C=O) groups is 2. The van der Waals surface area contributed by atoms with Crippen LogP contribution in [-0.4, -0.2) is 83.6 Å². The predicted octanol–water partition coefficient (Wildman–Crippen LogP) is 4.66. The van der Waals surface area contributed by atoms with Crippen LogP contribution < -0.4 is 4.90 Å². The van der Waals surface area contributed by atoms with E-state index in [-0.39, 0.29) is 12.4 Å². The van der Waals surface area contributed by atoms with Gasteiger partial charge in [0.2, 0.25) is 5.91 Å². The third kappa shape index (κ3) is 6.25. The Kier molecular flexibility index (Phi) is 8.71. The number of aryl methyl sites for hydroxylation is 1. The number of anilines is 1. The Balaban J connectivity index is 0.00000102. The third-order valence-electron chi connectivity index (χ3n) is 7.48. The molecule has 37 heavy (non-hydrogen) atoms. The number of likely N-dealkylation sites (tertiary alicyclic amines) is 1. The smallest absolute Gasteiger partial charge is 0.290 e. The number of amides is 1. The molecule has 0 spiro atoms. The van der Waals surface area contributed by atoms with Gasteiger partial charge in [-0.2, -0.15) is 0 Å². The number of nitrogens with zero attached hydrogens (tertiary/aromatic N) is 4. The van der Waals surface area contributed by atoms with Crippen molar-refractivity contribution in [3.63, 3.8) is 0 Å². The average molecular weight is 526 g/mol. The van der Waals surface area contributed by atoms with Gasteiger partial charge in [-0.3, -0.25) is 9.59 Å². The van der Waals surface area contributed by atoms with Crippen molar-refractivity contribution in [2.45, 2.75) is 38.6 Å². The van der Waals surface area contributed by atoms with Crippen molar-refractivity contribution in [2.24, 2.45) is 5.92 Å². The van der Waals surface area contributed by atoms with E-state index in [4.69, 9.17) is 26.5 Å². The van der Waals surface area contributed by atoms with Crippen molar-refractivity contribution < 1.29 is 14.7 Å². The van der Waals surface area contributed by atoms with E-state index in [0.29, 0.717) is 17.0 Å². The van der Waals surface area contributed by atoms with E-state index in [1.54, 1.807) is 0 Å². The molecule has 0 saturated carbocycles. The maximum absolute atomic E-state index is 13.3. The first-order chi connectivity index (χ1) is 17.8. The number of imidazole rings is 1. The van der Waals surface area contributed by atoms with E-state index in [1.807, 2.05) is 12.1 Å². The number of benzene rings is 2. The second-order valence-electron chi connectivity index (χ2n) is 10.2. The van der Waals surface area contributed by atoms with Crippen LogP contribution in [0.3, 0.4) is 0 Å². The van der Waals surface area contributed by atoms with Crippen LogP contribution in [0.15, 0.2) is 36.4 Å². The largest absolute Gasteiger partial charge is 0.483 e. The van der Waals surface area contributed by atoms with Crippen LogP contribution in [0.4, 0.5) is 5.69 Å². The van der Waals surface area contributed by atoms with Crippen molar-refractivity contribution in [2.75, 3.05) is 45.2 Å². The van der Waals surface area contributed by atoms with E-state index < -0.39 is 0 Å². The summed E-state index contributed by atoms with van der Waals surface area (Å²) in [7, 11) is 4.27. The van der Waals surface area contributed by atoms with E-state index in [1.165, 1.54) is 5.56 Å². The number of H-pyrrole nitrogens is 1. The van der Waals surface area contributed by atoms with Crippen LogP contribution >= 0.6 is 11.6 Å². The fourth-order valence-corrected chi connectivity index (χ4v) is 5.62. The molecule has 1 atom stereocenters. The van der Waals surface area contributed by atoms with Crippen LogP contribution in [0.2, 0.25) is 5.02 Å². The summed E-state index contributed by atoms with van der Waals surface area (Å²) in [6, 6.07) is 12.9. The molecule has 2 fully saturated rings. The van der Waals surface area contributed by atoms with Crippen LogP contribution in [0, 0.1) is 12.8 Å². The molecule has 3 heterocycles. The third-order valence-corrected chi connectivity index (χ3v) is 7.81. The Bertz CT molecular complexity index is 1240. The lowest BCUT2D eigenvalue weighted by molar-refractivity contribution is -0.137. The molecular weight excluding hydrogens is 490 g/mol. The Labute approximate surface area is 223 Å². The van der Waals surface area contributed by atoms with Gasteiger partial charge in [-0.15, -0.1) is 0 Å². The minimum atomic E-state index is -0.250. The summed E-state index contributed by atoms with van der Waals surface area (Å²) in [6.45, 7) is 5.27. The maximum atomic E-state index is 13.3. The first-order valence-electron chi connectivity index (χ1n) is 12.8. The van der Waals surface area contributed by atoms with Gasteiger partial charge >= 0.3 is 0 Å². The normalized spacial score (nSPS) is 18.6. The molecule has 9 heteroatoms. The first kappa shape index (κ1) is 26.9. The van der Waals surface area contributed by atoms with Crippen LogP contribution in [-0.2, 0) is 9.59 Å². The Morgan fingerprint density at radius 1 is 1.14 bits per heavy atom. The zero-order chi connectivity index (χ0) is 26.5. The van der Waals surface area contributed by atoms with Gasteiger partial charge in [0.25, 0.3) is 6.47 Å². The highest BCUT2D eigenvalue weighted by Gasteiger charge is 2.32. The molecule has 0 aliphatic carbocycles. The van der Waals surface area contributed by atoms with Gasteiger partial charge in [0, 0.05) is 43.5 Å². The standard InChI is InChI=1S/C27H34ClN5O.CH2O2/c1-18-6-9-24-25(15-18)30-26(29-24)22-16-21(7-8-23(22)28)33-12-4-5-19(17-33)27(34)32-13-10-20(11-14-32)31(2)3;2-1-3/h6-9,15-16,19-20H,4-5,10-14,17H2,1-3H3,(H,29,30);1H,(H,2,3). The van der Waals surface area contributed by atoms with Crippen molar-refractivity contribution in [3.05, 3.63) is 47.0 Å². The summed E-state index contributed by atoms with van der Waals surface area (Å²) < 4.78 is 0. The molecule has 1 aromatic heterocycles. The van der Waals surface area contributed by atoms with Gasteiger partial charge in [-0.25, -0.2) is 4.98 Å². The highest BCUT2D eigenvalue weighted by Crippen LogP contribution is 2.34. The van der Waals surface area contributed by atoms with Gasteiger partial charge in [0.05, 0.1) is 22.0 Å². The Morgan fingerprint density at radius 2 is 1.86 bits per heavy atom. The quantitative estimate of drug-likeness (QED) is 0.481. The van der Waals surface area contributed by atoms with Crippen LogP contribution in [0.1, 0.15) is 31.2 Å². The molecule has 8 nitrogen and oxygen atoms in total. The number of hydrogen-bond donors (Lipinski definition) is 2. The number of halogens is 1. The molecule has 3 aromatic rings. The topological polar surface area (TPSA) is 92.8 Å². The number of nitrogens with one attached hydrogen (secondary N) is 1. The first-order valence-corrected chi connectivity index (χ1v) is 13.2. The van der Waals surface area contributed by atoms with Crippen molar-refractivity contribution in [3.8, 4) is 11.4 Å². The number of piperidine rings is 2. The van der Waals surface area contributed by atoms with Gasteiger partial charge < -0.3 is 24.8 Å². The lowest BCUT2D eigenvalue weighted by atomic mass is 9.94. The molecule has 5 rings (SSSR count). The van der Waals surface area contributed by atoms with E-state index in [2.05, 4.69) is 65.0 Å². The fraction of sp³-hybridized carbons (Fsp3) is 0.464. The summed E-state index contributed by atoms with van der Waals surface area (Å²) in [5.41, 5.74) is 5.13. The number of fused-ring (bicyclic) bond motifs is 1. The number of carboxylic acid groups (broad SMARTS) is 1. The SMILES string of the molecule is Cc1ccc2nc(-c3cc(N4CCCC(C(=O)N5CCC(N(C)C)CC5)C4)ccc3Cl)[nH]c2c1.O=CO. The molecule has 0 bridgehead atoms. The van der Waals surface area contributed by atoms with Crippen LogP contribution in [0.25, 0.3) is 22.4 Å². The molecule has 2 N–H and O–H groups in total. The van der Waals surface area contributed by atoms with E-state index in [0.717, 1.165) is 80.0 Å². The predicted molar refractivity (Wildman–Crippen MR) is 148 cm³/mol. The number of rotatable bonds is 4. The number of hydrogen-bond acceptors (Lipinski definition) is 5. The molecule has 1 amide bonds. The molecule has 1 unspecified atom stereocenters. The molecule has 2 aromatic carbocycles. The van der Waals surface area contributed by atoms with Crippen LogP contribution in [0.5, 0.6) is 0 Å². The zero-order valence-electron chi connectivity index (χ0n) is 21.8. The van der Waals surface area contributed by atoms with Gasteiger partial charge in [0.1, 0.15) is 5.82 Å². The minimum absolute atomic E-state index is 0.0537. The lowest BCUT2D eigenvalue weighted by Gasteiger charge is -2.39. The molecule has 0 radical (unpaired) electrons. The van der Waals surface area contributed by atoms with Crippen molar-refractivity contribution in [1.29, 1.82) is 0 Å². The summed E-state index contributed by atoms with van der Waals surface area (Å²) in [4.78, 5) is 36.6. The number of aromatic nitrogens is 2. The summed E-state index contributed by atoms with van der Waals surface area (Å²) in [5, 5.41) is 7.56. The van der Waals surface area contributed by atoms with E-state index in [9.17, 15) is 4.79 Å². The van der Waals surface area contributed by atoms with E-state index >= 15 is 0 Å². The monoisotopic (exact) mass is 525 g/mol. The Morgan fingerprint density at radius 3 is 2.57 bits per heavy atom. The molecule has 2 aliphatic heterocycles. The highest BCUT2D eigenvalue weighted by molar-refractivity contribution is 6.33. The average Bonchev–Trinajstić information content (AvgIpc) is 3.32.